The van der Waals surface area contributed by atoms with Gasteiger partial charge in [-0.2, -0.15) is 0 Å². The van der Waals surface area contributed by atoms with E-state index in [0.717, 1.165) is 44.1 Å². The summed E-state index contributed by atoms with van der Waals surface area (Å²) >= 11 is 0. The highest BCUT2D eigenvalue weighted by Crippen LogP contribution is 2.35. The predicted molar refractivity (Wildman–Crippen MR) is 125 cm³/mol. The molecule has 0 amide bonds. The summed E-state index contributed by atoms with van der Waals surface area (Å²) < 4.78 is 0. The number of aliphatic hydroxyl groups excluding tert-OH is 1. The smallest absolute Gasteiger partial charge is 0.142 e. The molecule has 0 spiro atoms. The zero-order valence-corrected chi connectivity index (χ0v) is 19.1. The van der Waals surface area contributed by atoms with E-state index in [1.807, 2.05) is 12.1 Å². The van der Waals surface area contributed by atoms with Crippen LogP contribution in [-0.2, 0) is 11.2 Å². The molecule has 162 valence electrons. The second kappa shape index (κ2) is 10.4. The number of rotatable bonds is 6. The lowest BCUT2D eigenvalue weighted by Crippen LogP contribution is -2.31. The van der Waals surface area contributed by atoms with Gasteiger partial charge in [0.1, 0.15) is 5.78 Å². The molecule has 0 aromatic heterocycles. The number of hydrogen-bond acceptors (Lipinski definition) is 2. The SMILES string of the molecule is CC(C)c1ccc(CC2CCCCCC(C(O)c3ccc(C(C)C)cc3)C2=O)cc1. The molecular formula is C28H38O2. The van der Waals surface area contributed by atoms with E-state index < -0.39 is 6.10 Å². The number of benzene rings is 2. The third-order valence-corrected chi connectivity index (χ3v) is 6.79. The molecule has 3 unspecified atom stereocenters. The van der Waals surface area contributed by atoms with E-state index in [1.165, 1.54) is 16.7 Å². The van der Waals surface area contributed by atoms with Crippen molar-refractivity contribution in [2.45, 2.75) is 84.2 Å². The summed E-state index contributed by atoms with van der Waals surface area (Å²) in [6.07, 6.45) is 5.06. The number of carbonyl (C=O) groups is 1. The lowest BCUT2D eigenvalue weighted by Gasteiger charge is -2.29. The van der Waals surface area contributed by atoms with Gasteiger partial charge in [-0.15, -0.1) is 0 Å². The Bertz CT molecular complexity index is 802. The normalized spacial score (nSPS) is 21.5. The molecule has 3 rings (SSSR count). The predicted octanol–water partition coefficient (Wildman–Crippen LogP) is 6.98. The number of hydrogen-bond donors (Lipinski definition) is 1. The Balaban J connectivity index is 1.76. The van der Waals surface area contributed by atoms with Crippen LogP contribution in [0.15, 0.2) is 48.5 Å². The van der Waals surface area contributed by atoms with E-state index in [-0.39, 0.29) is 17.6 Å². The van der Waals surface area contributed by atoms with Crippen LogP contribution in [0.5, 0.6) is 0 Å². The average Bonchev–Trinajstić information content (AvgIpc) is 2.73. The Morgan fingerprint density at radius 1 is 0.767 bits per heavy atom. The third kappa shape index (κ3) is 5.60. The van der Waals surface area contributed by atoms with Crippen LogP contribution in [-0.4, -0.2) is 10.9 Å². The number of Topliss-reactive ketones (excluding diaryl/α,β-unsaturated/α-hetero) is 1. The minimum atomic E-state index is -0.706. The number of aliphatic hydroxyl groups is 1. The Morgan fingerprint density at radius 3 is 1.83 bits per heavy atom. The molecule has 30 heavy (non-hydrogen) atoms. The molecule has 0 aliphatic heterocycles. The fourth-order valence-electron chi connectivity index (χ4n) is 4.67. The van der Waals surface area contributed by atoms with Gasteiger partial charge in [-0.1, -0.05) is 95.5 Å². The van der Waals surface area contributed by atoms with E-state index in [0.29, 0.717) is 11.8 Å². The molecule has 1 fully saturated rings. The minimum Gasteiger partial charge on any atom is -0.388 e. The summed E-state index contributed by atoms with van der Waals surface area (Å²) in [5, 5.41) is 11.1. The van der Waals surface area contributed by atoms with Gasteiger partial charge in [-0.3, -0.25) is 4.79 Å². The van der Waals surface area contributed by atoms with Gasteiger partial charge in [0.25, 0.3) is 0 Å². The summed E-state index contributed by atoms with van der Waals surface area (Å²) in [4.78, 5) is 13.5. The molecule has 1 saturated carbocycles. The fraction of sp³-hybridized carbons (Fsp3) is 0.536. The Hall–Kier alpha value is -1.93. The second-order valence-electron chi connectivity index (χ2n) is 9.71. The van der Waals surface area contributed by atoms with Crippen LogP contribution in [0.1, 0.15) is 100.0 Å². The highest BCUT2D eigenvalue weighted by atomic mass is 16.3. The standard InChI is InChI=1S/C28H38O2/c1-19(2)22-12-10-21(11-13-22)18-25-8-6-5-7-9-26(28(25)30)27(29)24-16-14-23(15-17-24)20(3)4/h10-17,19-20,25-27,29H,5-9,18H2,1-4H3. The monoisotopic (exact) mass is 406 g/mol. The molecule has 2 nitrogen and oxygen atoms in total. The molecule has 0 bridgehead atoms. The number of ketones is 1. The van der Waals surface area contributed by atoms with Crippen LogP contribution in [0.2, 0.25) is 0 Å². The topological polar surface area (TPSA) is 37.3 Å². The zero-order chi connectivity index (χ0) is 21.7. The molecule has 2 aromatic carbocycles. The third-order valence-electron chi connectivity index (χ3n) is 6.79. The molecule has 1 aliphatic rings. The van der Waals surface area contributed by atoms with Gasteiger partial charge in [-0.05, 0) is 53.4 Å². The van der Waals surface area contributed by atoms with Gasteiger partial charge >= 0.3 is 0 Å². The molecule has 2 aromatic rings. The van der Waals surface area contributed by atoms with E-state index in [1.54, 1.807) is 0 Å². The first-order valence-corrected chi connectivity index (χ1v) is 11.8. The lowest BCUT2D eigenvalue weighted by atomic mass is 9.76. The maximum atomic E-state index is 13.5. The Morgan fingerprint density at radius 2 is 1.27 bits per heavy atom. The van der Waals surface area contributed by atoms with Crippen molar-refractivity contribution < 1.29 is 9.90 Å². The van der Waals surface area contributed by atoms with Crippen LogP contribution < -0.4 is 0 Å². The van der Waals surface area contributed by atoms with Gasteiger partial charge < -0.3 is 5.11 Å². The molecule has 3 atom stereocenters. The zero-order valence-electron chi connectivity index (χ0n) is 19.1. The molecule has 2 heteroatoms. The van der Waals surface area contributed by atoms with Crippen molar-refractivity contribution in [3.05, 3.63) is 70.8 Å². The van der Waals surface area contributed by atoms with E-state index >= 15 is 0 Å². The van der Waals surface area contributed by atoms with Crippen molar-refractivity contribution in [3.63, 3.8) is 0 Å². The van der Waals surface area contributed by atoms with Crippen molar-refractivity contribution in [2.75, 3.05) is 0 Å². The van der Waals surface area contributed by atoms with Crippen molar-refractivity contribution in [2.24, 2.45) is 11.8 Å². The molecule has 0 saturated heterocycles. The van der Waals surface area contributed by atoms with Crippen LogP contribution in [0, 0.1) is 11.8 Å². The maximum Gasteiger partial charge on any atom is 0.142 e. The maximum absolute atomic E-state index is 13.5. The summed E-state index contributed by atoms with van der Waals surface area (Å²) in [5.74, 6) is 0.942. The molecule has 1 aliphatic carbocycles. The first-order chi connectivity index (χ1) is 14.4. The summed E-state index contributed by atoms with van der Waals surface area (Å²) in [7, 11) is 0. The van der Waals surface area contributed by atoms with Gasteiger partial charge in [0.15, 0.2) is 0 Å². The fourth-order valence-corrected chi connectivity index (χ4v) is 4.67. The van der Waals surface area contributed by atoms with Crippen molar-refractivity contribution in [1.82, 2.24) is 0 Å². The van der Waals surface area contributed by atoms with Gasteiger partial charge in [0.05, 0.1) is 6.10 Å². The van der Waals surface area contributed by atoms with Gasteiger partial charge in [0, 0.05) is 11.8 Å². The quantitative estimate of drug-likeness (QED) is 0.562. The Kier molecular flexibility index (Phi) is 7.88. The van der Waals surface area contributed by atoms with Crippen LogP contribution in [0.3, 0.4) is 0 Å². The molecule has 0 heterocycles. The molecular weight excluding hydrogens is 368 g/mol. The van der Waals surface area contributed by atoms with Gasteiger partial charge in [-0.25, -0.2) is 0 Å². The van der Waals surface area contributed by atoms with E-state index in [9.17, 15) is 9.90 Å². The minimum absolute atomic E-state index is 0.00443. The van der Waals surface area contributed by atoms with Crippen molar-refractivity contribution in [1.29, 1.82) is 0 Å². The highest BCUT2D eigenvalue weighted by molar-refractivity contribution is 5.84. The van der Waals surface area contributed by atoms with Crippen molar-refractivity contribution >= 4 is 5.78 Å². The van der Waals surface area contributed by atoms with E-state index in [4.69, 9.17) is 0 Å². The average molecular weight is 407 g/mol. The van der Waals surface area contributed by atoms with Crippen LogP contribution >= 0.6 is 0 Å². The molecule has 1 N–H and O–H groups in total. The van der Waals surface area contributed by atoms with Crippen LogP contribution in [0.25, 0.3) is 0 Å². The summed E-state index contributed by atoms with van der Waals surface area (Å²) in [5.41, 5.74) is 4.70. The van der Waals surface area contributed by atoms with Crippen molar-refractivity contribution in [3.8, 4) is 0 Å². The molecule has 0 radical (unpaired) electrons. The highest BCUT2D eigenvalue weighted by Gasteiger charge is 2.33. The van der Waals surface area contributed by atoms with Gasteiger partial charge in [0.2, 0.25) is 0 Å². The van der Waals surface area contributed by atoms with E-state index in [2.05, 4.69) is 64.1 Å². The second-order valence-corrected chi connectivity index (χ2v) is 9.71. The summed E-state index contributed by atoms with van der Waals surface area (Å²) in [6, 6.07) is 16.9. The number of carbonyl (C=O) groups excluding carboxylic acids is 1. The summed E-state index contributed by atoms with van der Waals surface area (Å²) in [6.45, 7) is 8.74. The first kappa shape index (κ1) is 22.7. The Labute approximate surface area is 182 Å². The first-order valence-electron chi connectivity index (χ1n) is 11.8. The lowest BCUT2D eigenvalue weighted by molar-refractivity contribution is -0.131. The largest absolute Gasteiger partial charge is 0.388 e. The van der Waals surface area contributed by atoms with Crippen LogP contribution in [0.4, 0.5) is 0 Å².